The third-order valence-electron chi connectivity index (χ3n) is 5.69. The molecule has 2 heterocycles. The van der Waals surface area contributed by atoms with E-state index in [-0.39, 0.29) is 11.5 Å². The van der Waals surface area contributed by atoms with Gasteiger partial charge in [-0.1, -0.05) is 36.7 Å². The minimum Gasteiger partial charge on any atom is -0.361 e. The molecule has 30 heavy (non-hydrogen) atoms. The van der Waals surface area contributed by atoms with Crippen LogP contribution >= 0.6 is 11.6 Å². The van der Waals surface area contributed by atoms with E-state index in [9.17, 15) is 14.0 Å². The predicted molar refractivity (Wildman–Crippen MR) is 115 cm³/mol. The first-order chi connectivity index (χ1) is 14.5. The van der Waals surface area contributed by atoms with Gasteiger partial charge in [0.25, 0.3) is 5.91 Å². The molecule has 0 bridgehead atoms. The van der Waals surface area contributed by atoms with Crippen LogP contribution in [-0.2, 0) is 17.6 Å². The Bertz CT molecular complexity index is 1100. The average molecular weight is 428 g/mol. The lowest BCUT2D eigenvalue weighted by Gasteiger charge is -2.35. The van der Waals surface area contributed by atoms with Gasteiger partial charge in [0, 0.05) is 48.3 Å². The standard InChI is InChI=1S/C23H23ClFN3O2/c1-2-15-4-3-5-18-16(14-26-22(15)18)12-21(29)27-8-10-28(11-9-27)23(30)19-13-17(24)6-7-20(19)25/h3-7,13-14,26H,2,8-12H2,1H3. The van der Waals surface area contributed by atoms with Crippen LogP contribution in [0.1, 0.15) is 28.4 Å². The summed E-state index contributed by atoms with van der Waals surface area (Å²) < 4.78 is 14.0. The van der Waals surface area contributed by atoms with E-state index in [1.807, 2.05) is 18.3 Å². The molecule has 0 unspecified atom stereocenters. The first-order valence-corrected chi connectivity index (χ1v) is 10.5. The van der Waals surface area contributed by atoms with Crippen LogP contribution in [0.25, 0.3) is 10.9 Å². The highest BCUT2D eigenvalue weighted by molar-refractivity contribution is 6.31. The summed E-state index contributed by atoms with van der Waals surface area (Å²) in [7, 11) is 0. The number of aryl methyl sites for hydroxylation is 1. The molecule has 4 rings (SSSR count). The molecule has 1 aromatic heterocycles. The second-order valence-corrected chi connectivity index (χ2v) is 7.92. The molecule has 1 fully saturated rings. The topological polar surface area (TPSA) is 56.4 Å². The van der Waals surface area contributed by atoms with Crippen LogP contribution in [0.5, 0.6) is 0 Å². The van der Waals surface area contributed by atoms with Gasteiger partial charge < -0.3 is 14.8 Å². The van der Waals surface area contributed by atoms with E-state index < -0.39 is 11.7 Å². The smallest absolute Gasteiger partial charge is 0.257 e. The highest BCUT2D eigenvalue weighted by Crippen LogP contribution is 2.23. The Morgan fingerprint density at radius 1 is 1.07 bits per heavy atom. The van der Waals surface area contributed by atoms with E-state index in [1.54, 1.807) is 9.80 Å². The Hall–Kier alpha value is -2.86. The summed E-state index contributed by atoms with van der Waals surface area (Å²) in [5.74, 6) is -0.960. The lowest BCUT2D eigenvalue weighted by atomic mass is 10.0. The largest absolute Gasteiger partial charge is 0.361 e. The molecule has 1 aliphatic rings. The third-order valence-corrected chi connectivity index (χ3v) is 5.92. The third kappa shape index (κ3) is 3.92. The number of aromatic amines is 1. The number of nitrogens with zero attached hydrogens (tertiary/aromatic N) is 2. The summed E-state index contributed by atoms with van der Waals surface area (Å²) in [6.07, 6.45) is 3.14. The van der Waals surface area contributed by atoms with Gasteiger partial charge in [-0.05, 0) is 35.7 Å². The maximum Gasteiger partial charge on any atom is 0.257 e. The number of amides is 2. The zero-order valence-electron chi connectivity index (χ0n) is 16.8. The van der Waals surface area contributed by atoms with Gasteiger partial charge in [-0.25, -0.2) is 4.39 Å². The summed E-state index contributed by atoms with van der Waals surface area (Å²) in [6, 6.07) is 10.1. The number of hydrogen-bond donors (Lipinski definition) is 1. The molecule has 2 amide bonds. The molecule has 2 aromatic carbocycles. The van der Waals surface area contributed by atoms with Crippen molar-refractivity contribution in [1.82, 2.24) is 14.8 Å². The van der Waals surface area contributed by atoms with Gasteiger partial charge in [0.05, 0.1) is 12.0 Å². The van der Waals surface area contributed by atoms with Crippen molar-refractivity contribution in [3.63, 3.8) is 0 Å². The predicted octanol–water partition coefficient (Wildman–Crippen LogP) is 4.05. The summed E-state index contributed by atoms with van der Waals surface area (Å²) in [5, 5.41) is 1.39. The van der Waals surface area contributed by atoms with Crippen LogP contribution in [0, 0.1) is 5.82 Å². The molecule has 1 saturated heterocycles. The molecule has 0 radical (unpaired) electrons. The maximum atomic E-state index is 14.0. The van der Waals surface area contributed by atoms with Crippen molar-refractivity contribution in [2.45, 2.75) is 19.8 Å². The van der Waals surface area contributed by atoms with Crippen molar-refractivity contribution >= 4 is 34.3 Å². The van der Waals surface area contributed by atoms with Gasteiger partial charge in [-0.3, -0.25) is 9.59 Å². The fourth-order valence-corrected chi connectivity index (χ4v) is 4.15. The van der Waals surface area contributed by atoms with E-state index >= 15 is 0 Å². The molecule has 5 nitrogen and oxygen atoms in total. The quantitative estimate of drug-likeness (QED) is 0.683. The number of piperazine rings is 1. The number of nitrogens with one attached hydrogen (secondary N) is 1. The highest BCUT2D eigenvalue weighted by Gasteiger charge is 2.27. The summed E-state index contributed by atoms with van der Waals surface area (Å²) in [4.78, 5) is 32.1. The number of benzene rings is 2. The molecular formula is C23H23ClFN3O2. The summed E-state index contributed by atoms with van der Waals surface area (Å²) in [6.45, 7) is 3.69. The van der Waals surface area contributed by atoms with Crippen molar-refractivity contribution in [3.05, 3.63) is 70.1 Å². The van der Waals surface area contributed by atoms with Crippen molar-refractivity contribution < 1.29 is 14.0 Å². The van der Waals surface area contributed by atoms with Gasteiger partial charge >= 0.3 is 0 Å². The molecule has 0 saturated carbocycles. The Morgan fingerprint density at radius 2 is 1.80 bits per heavy atom. The van der Waals surface area contributed by atoms with E-state index in [0.29, 0.717) is 37.6 Å². The molecule has 1 aliphatic heterocycles. The SMILES string of the molecule is CCc1cccc2c(CC(=O)N3CCN(C(=O)c4cc(Cl)ccc4F)CC3)c[nH]c12. The van der Waals surface area contributed by atoms with E-state index in [4.69, 9.17) is 11.6 Å². The fourth-order valence-electron chi connectivity index (χ4n) is 3.98. The maximum absolute atomic E-state index is 14.0. The van der Waals surface area contributed by atoms with Crippen LogP contribution in [0.3, 0.4) is 0 Å². The molecule has 0 spiro atoms. The van der Waals surface area contributed by atoms with Crippen molar-refractivity contribution in [1.29, 1.82) is 0 Å². The minimum absolute atomic E-state index is 0.0267. The van der Waals surface area contributed by atoms with Crippen molar-refractivity contribution in [3.8, 4) is 0 Å². The second kappa shape index (κ2) is 8.48. The number of carbonyl (C=O) groups is 2. The molecular weight excluding hydrogens is 405 g/mol. The number of fused-ring (bicyclic) bond motifs is 1. The number of hydrogen-bond acceptors (Lipinski definition) is 2. The molecule has 1 N–H and O–H groups in total. The Kier molecular flexibility index (Phi) is 5.77. The minimum atomic E-state index is -0.589. The number of carbonyl (C=O) groups excluding carboxylic acids is 2. The van der Waals surface area contributed by atoms with Crippen LogP contribution < -0.4 is 0 Å². The van der Waals surface area contributed by atoms with Gasteiger partial charge in [0.15, 0.2) is 0 Å². The number of para-hydroxylation sites is 1. The van der Waals surface area contributed by atoms with Gasteiger partial charge in [0.2, 0.25) is 5.91 Å². The highest BCUT2D eigenvalue weighted by atomic mass is 35.5. The fraction of sp³-hybridized carbons (Fsp3) is 0.304. The lowest BCUT2D eigenvalue weighted by Crippen LogP contribution is -2.51. The number of H-pyrrole nitrogens is 1. The monoisotopic (exact) mass is 427 g/mol. The van der Waals surface area contributed by atoms with E-state index in [2.05, 4.69) is 18.0 Å². The average Bonchev–Trinajstić information content (AvgIpc) is 3.18. The van der Waals surface area contributed by atoms with Crippen molar-refractivity contribution in [2.24, 2.45) is 0 Å². The number of rotatable bonds is 4. The molecule has 3 aromatic rings. The summed E-state index contributed by atoms with van der Waals surface area (Å²) >= 11 is 5.90. The molecule has 0 aliphatic carbocycles. The van der Waals surface area contributed by atoms with E-state index in [0.717, 1.165) is 22.9 Å². The zero-order chi connectivity index (χ0) is 21.3. The summed E-state index contributed by atoms with van der Waals surface area (Å²) in [5.41, 5.74) is 3.26. The first-order valence-electron chi connectivity index (χ1n) is 10.1. The van der Waals surface area contributed by atoms with Gasteiger partial charge in [-0.2, -0.15) is 0 Å². The van der Waals surface area contributed by atoms with Gasteiger partial charge in [-0.15, -0.1) is 0 Å². The van der Waals surface area contributed by atoms with Crippen LogP contribution in [0.4, 0.5) is 4.39 Å². The molecule has 0 atom stereocenters. The zero-order valence-corrected chi connectivity index (χ0v) is 17.5. The number of aromatic nitrogens is 1. The normalized spacial score (nSPS) is 14.4. The lowest BCUT2D eigenvalue weighted by molar-refractivity contribution is -0.131. The Balaban J connectivity index is 1.40. The Labute approximate surface area is 179 Å². The number of halogens is 2. The first kappa shape index (κ1) is 20.4. The van der Waals surface area contributed by atoms with Gasteiger partial charge in [0.1, 0.15) is 5.82 Å². The van der Waals surface area contributed by atoms with Crippen LogP contribution in [0.2, 0.25) is 5.02 Å². The van der Waals surface area contributed by atoms with E-state index in [1.165, 1.54) is 23.8 Å². The second-order valence-electron chi connectivity index (χ2n) is 7.48. The Morgan fingerprint density at radius 3 is 2.53 bits per heavy atom. The van der Waals surface area contributed by atoms with Crippen LogP contribution in [-0.4, -0.2) is 52.8 Å². The van der Waals surface area contributed by atoms with Crippen molar-refractivity contribution in [2.75, 3.05) is 26.2 Å². The molecule has 156 valence electrons. The van der Waals surface area contributed by atoms with Crippen LogP contribution in [0.15, 0.2) is 42.6 Å². The molecule has 7 heteroatoms.